The lowest BCUT2D eigenvalue weighted by Crippen LogP contribution is -2.54. The van der Waals surface area contributed by atoms with Crippen molar-refractivity contribution in [2.45, 2.75) is 38.3 Å². The molecule has 2 nitrogen and oxygen atoms in total. The van der Waals surface area contributed by atoms with Crippen LogP contribution in [0.15, 0.2) is 12.2 Å². The molecule has 0 aromatic heterocycles. The van der Waals surface area contributed by atoms with E-state index < -0.39 is 0 Å². The highest BCUT2D eigenvalue weighted by atomic mass is 16.3. The van der Waals surface area contributed by atoms with Crippen LogP contribution < -0.4 is 5.32 Å². The Labute approximate surface area is 80.0 Å². The molecule has 2 N–H and O–H groups in total. The van der Waals surface area contributed by atoms with Gasteiger partial charge in [0.15, 0.2) is 0 Å². The van der Waals surface area contributed by atoms with Crippen LogP contribution in [0.25, 0.3) is 0 Å². The molecular weight excluding hydrogens is 162 g/mol. The Balaban J connectivity index is 2.13. The average Bonchev–Trinajstić information content (AvgIpc) is 2.62. The molecule has 74 valence electrons. The zero-order chi connectivity index (χ0) is 9.47. The average molecular weight is 181 g/mol. The molecule has 2 bridgehead atoms. The molecule has 1 saturated carbocycles. The summed E-state index contributed by atoms with van der Waals surface area (Å²) in [7, 11) is 0. The van der Waals surface area contributed by atoms with Gasteiger partial charge in [-0.25, -0.2) is 0 Å². The summed E-state index contributed by atoms with van der Waals surface area (Å²) in [6, 6.07) is 0.458. The molecule has 2 rings (SSSR count). The molecule has 0 aromatic rings. The molecule has 0 aromatic carbocycles. The number of aliphatic hydroxyl groups excluding tert-OH is 1. The number of rotatable bonds is 3. The van der Waals surface area contributed by atoms with Crippen molar-refractivity contribution in [1.82, 2.24) is 5.32 Å². The van der Waals surface area contributed by atoms with Crippen molar-refractivity contribution in [3.05, 3.63) is 12.2 Å². The van der Waals surface area contributed by atoms with Crippen LogP contribution in [0.5, 0.6) is 0 Å². The quantitative estimate of drug-likeness (QED) is 0.643. The maximum absolute atomic E-state index is 9.49. The fourth-order valence-corrected chi connectivity index (χ4v) is 2.92. The smallest absolute Gasteiger partial charge is 0.0619 e. The second-order valence-corrected chi connectivity index (χ2v) is 4.80. The molecule has 0 unspecified atom stereocenters. The first-order valence-corrected chi connectivity index (χ1v) is 5.23. The van der Waals surface area contributed by atoms with Crippen LogP contribution in [0.3, 0.4) is 0 Å². The molecular formula is C11H19NO. The van der Waals surface area contributed by atoms with Crippen molar-refractivity contribution in [3.8, 4) is 0 Å². The van der Waals surface area contributed by atoms with E-state index in [0.29, 0.717) is 17.9 Å². The zero-order valence-corrected chi connectivity index (χ0v) is 8.46. The summed E-state index contributed by atoms with van der Waals surface area (Å²) in [6.07, 6.45) is 6.93. The SMILES string of the molecule is CC(C)N[C@]1(CO)C[C@H]2C=C[C@@H]1C2. The van der Waals surface area contributed by atoms with Crippen LogP contribution in [-0.2, 0) is 0 Å². The standard InChI is InChI=1S/C11H19NO/c1-8(2)12-11(7-13)6-9-3-4-10(11)5-9/h3-4,8-10,12-13H,5-7H2,1-2H3/t9-,10+,11-/m0/s1. The maximum Gasteiger partial charge on any atom is 0.0619 e. The van der Waals surface area contributed by atoms with Crippen molar-refractivity contribution in [2.24, 2.45) is 11.8 Å². The van der Waals surface area contributed by atoms with E-state index in [1.54, 1.807) is 0 Å². The van der Waals surface area contributed by atoms with E-state index in [-0.39, 0.29) is 12.1 Å². The number of nitrogens with one attached hydrogen (secondary N) is 1. The lowest BCUT2D eigenvalue weighted by Gasteiger charge is -2.36. The molecule has 0 aliphatic heterocycles. The van der Waals surface area contributed by atoms with Gasteiger partial charge in [-0.05, 0) is 24.7 Å². The van der Waals surface area contributed by atoms with Gasteiger partial charge in [0.25, 0.3) is 0 Å². The maximum atomic E-state index is 9.49. The summed E-state index contributed by atoms with van der Waals surface area (Å²) in [6.45, 7) is 4.57. The summed E-state index contributed by atoms with van der Waals surface area (Å²) < 4.78 is 0. The fourth-order valence-electron chi connectivity index (χ4n) is 2.92. The van der Waals surface area contributed by atoms with Gasteiger partial charge in [0.05, 0.1) is 6.61 Å². The number of allylic oxidation sites excluding steroid dienone is 1. The highest BCUT2D eigenvalue weighted by Crippen LogP contribution is 2.46. The molecule has 0 heterocycles. The molecule has 2 aliphatic carbocycles. The highest BCUT2D eigenvalue weighted by molar-refractivity contribution is 5.19. The summed E-state index contributed by atoms with van der Waals surface area (Å²) >= 11 is 0. The number of aliphatic hydroxyl groups is 1. The first-order chi connectivity index (χ1) is 6.16. The van der Waals surface area contributed by atoms with E-state index in [0.717, 1.165) is 6.42 Å². The van der Waals surface area contributed by atoms with Gasteiger partial charge in [-0.1, -0.05) is 26.0 Å². The largest absolute Gasteiger partial charge is 0.394 e. The van der Waals surface area contributed by atoms with E-state index in [1.807, 2.05) is 0 Å². The van der Waals surface area contributed by atoms with Crippen molar-refractivity contribution >= 4 is 0 Å². The molecule has 0 radical (unpaired) electrons. The minimum Gasteiger partial charge on any atom is -0.394 e. The third-order valence-corrected chi connectivity index (χ3v) is 3.37. The fraction of sp³-hybridized carbons (Fsp3) is 0.818. The van der Waals surface area contributed by atoms with Crippen molar-refractivity contribution in [1.29, 1.82) is 0 Å². The Morgan fingerprint density at radius 1 is 1.54 bits per heavy atom. The minimum absolute atomic E-state index is 0.00637. The summed E-state index contributed by atoms with van der Waals surface area (Å²) in [4.78, 5) is 0. The van der Waals surface area contributed by atoms with E-state index in [1.165, 1.54) is 6.42 Å². The van der Waals surface area contributed by atoms with Gasteiger partial charge in [-0.2, -0.15) is 0 Å². The monoisotopic (exact) mass is 181 g/mol. The second kappa shape index (κ2) is 3.10. The Kier molecular flexibility index (Phi) is 2.20. The van der Waals surface area contributed by atoms with Crippen LogP contribution in [0.1, 0.15) is 26.7 Å². The third kappa shape index (κ3) is 1.42. The minimum atomic E-state index is -0.00637. The van der Waals surface area contributed by atoms with Crippen LogP contribution in [0.2, 0.25) is 0 Å². The lowest BCUT2D eigenvalue weighted by atomic mass is 9.84. The van der Waals surface area contributed by atoms with Crippen LogP contribution in [-0.4, -0.2) is 23.3 Å². The normalized spacial score (nSPS) is 42.2. The number of hydrogen-bond acceptors (Lipinski definition) is 2. The van der Waals surface area contributed by atoms with Crippen LogP contribution in [0, 0.1) is 11.8 Å². The molecule has 13 heavy (non-hydrogen) atoms. The summed E-state index contributed by atoms with van der Waals surface area (Å²) in [5.41, 5.74) is -0.00637. The predicted octanol–water partition coefficient (Wildman–Crippen LogP) is 1.31. The van der Waals surface area contributed by atoms with Crippen LogP contribution in [0.4, 0.5) is 0 Å². The molecule has 1 fully saturated rings. The van der Waals surface area contributed by atoms with Gasteiger partial charge < -0.3 is 10.4 Å². The molecule has 0 amide bonds. The number of hydrogen-bond donors (Lipinski definition) is 2. The Morgan fingerprint density at radius 2 is 2.31 bits per heavy atom. The van der Waals surface area contributed by atoms with E-state index >= 15 is 0 Å². The first kappa shape index (κ1) is 9.22. The van der Waals surface area contributed by atoms with E-state index in [4.69, 9.17) is 0 Å². The Morgan fingerprint density at radius 3 is 2.69 bits per heavy atom. The molecule has 2 heteroatoms. The third-order valence-electron chi connectivity index (χ3n) is 3.37. The lowest BCUT2D eigenvalue weighted by molar-refractivity contribution is 0.127. The highest BCUT2D eigenvalue weighted by Gasteiger charge is 2.47. The predicted molar refractivity (Wildman–Crippen MR) is 53.4 cm³/mol. The van der Waals surface area contributed by atoms with Crippen molar-refractivity contribution in [3.63, 3.8) is 0 Å². The summed E-state index contributed by atoms with van der Waals surface area (Å²) in [5, 5.41) is 13.0. The Bertz CT molecular complexity index is 224. The van der Waals surface area contributed by atoms with E-state index in [2.05, 4.69) is 31.3 Å². The van der Waals surface area contributed by atoms with Crippen molar-refractivity contribution in [2.75, 3.05) is 6.61 Å². The number of fused-ring (bicyclic) bond motifs is 2. The van der Waals surface area contributed by atoms with E-state index in [9.17, 15) is 5.11 Å². The van der Waals surface area contributed by atoms with Gasteiger partial charge in [0.1, 0.15) is 0 Å². The molecule has 0 spiro atoms. The van der Waals surface area contributed by atoms with Gasteiger partial charge in [0.2, 0.25) is 0 Å². The Hall–Kier alpha value is -0.340. The van der Waals surface area contributed by atoms with Gasteiger partial charge in [0, 0.05) is 11.6 Å². The molecule has 0 saturated heterocycles. The zero-order valence-electron chi connectivity index (χ0n) is 8.46. The van der Waals surface area contributed by atoms with Crippen LogP contribution >= 0.6 is 0 Å². The van der Waals surface area contributed by atoms with Gasteiger partial charge >= 0.3 is 0 Å². The first-order valence-electron chi connectivity index (χ1n) is 5.23. The molecule has 2 aliphatic rings. The van der Waals surface area contributed by atoms with Gasteiger partial charge in [-0.15, -0.1) is 0 Å². The topological polar surface area (TPSA) is 32.3 Å². The second-order valence-electron chi connectivity index (χ2n) is 4.80. The van der Waals surface area contributed by atoms with Crippen molar-refractivity contribution < 1.29 is 5.11 Å². The van der Waals surface area contributed by atoms with Gasteiger partial charge in [-0.3, -0.25) is 0 Å². The molecule has 3 atom stereocenters. The summed E-state index contributed by atoms with van der Waals surface area (Å²) in [5.74, 6) is 1.27.